The highest BCUT2D eigenvalue weighted by molar-refractivity contribution is 6.30. The van der Waals surface area contributed by atoms with Gasteiger partial charge in [-0.05, 0) is 43.3 Å². The third kappa shape index (κ3) is 5.71. The average molecular weight is 544 g/mol. The number of aromatic nitrogens is 2. The number of hydrogen-bond acceptors (Lipinski definition) is 8. The molecule has 2 aromatic carbocycles. The highest BCUT2D eigenvalue weighted by Gasteiger charge is 2.32. The van der Waals surface area contributed by atoms with Gasteiger partial charge in [-0.1, -0.05) is 17.7 Å². The van der Waals surface area contributed by atoms with Crippen molar-refractivity contribution in [1.82, 2.24) is 14.5 Å². The van der Waals surface area contributed by atoms with Gasteiger partial charge >= 0.3 is 0 Å². The van der Waals surface area contributed by atoms with Crippen LogP contribution in [-0.2, 0) is 11.3 Å². The number of carbonyl (C=O) groups excluding carboxylic acids is 1. The predicted molar refractivity (Wildman–Crippen MR) is 141 cm³/mol. The van der Waals surface area contributed by atoms with Crippen molar-refractivity contribution >= 4 is 17.5 Å². The van der Waals surface area contributed by atoms with Gasteiger partial charge in [-0.3, -0.25) is 14.2 Å². The normalized spacial score (nSPS) is 13.8. The first-order valence-electron chi connectivity index (χ1n) is 12.2. The summed E-state index contributed by atoms with van der Waals surface area (Å²) in [4.78, 5) is 32.2. The zero-order chi connectivity index (χ0) is 27.2. The van der Waals surface area contributed by atoms with E-state index < -0.39 is 22.9 Å². The Morgan fingerprint density at radius 2 is 1.71 bits per heavy atom. The number of benzene rings is 2. The molecule has 11 heteroatoms. The number of aromatic hydroxyl groups is 1. The highest BCUT2D eigenvalue weighted by Crippen LogP contribution is 2.36. The number of ether oxygens (including phenoxy) is 4. The molecule has 10 nitrogen and oxygen atoms in total. The number of methoxy groups -OCH3 is 2. The van der Waals surface area contributed by atoms with Gasteiger partial charge in [0.2, 0.25) is 5.88 Å². The number of rotatable bonds is 9. The van der Waals surface area contributed by atoms with Crippen LogP contribution in [-0.4, -0.2) is 65.5 Å². The van der Waals surface area contributed by atoms with Crippen LogP contribution in [0.1, 0.15) is 35.9 Å². The Balaban J connectivity index is 1.65. The van der Waals surface area contributed by atoms with Crippen molar-refractivity contribution in [2.45, 2.75) is 32.5 Å². The minimum absolute atomic E-state index is 0.0809. The lowest BCUT2D eigenvalue weighted by Gasteiger charge is -2.32. The molecule has 1 amide bonds. The van der Waals surface area contributed by atoms with E-state index in [9.17, 15) is 14.7 Å². The summed E-state index contributed by atoms with van der Waals surface area (Å²) in [5.74, 6) is 0.314. The highest BCUT2D eigenvalue weighted by atomic mass is 35.5. The third-order valence-electron chi connectivity index (χ3n) is 6.26. The fourth-order valence-electron chi connectivity index (χ4n) is 4.36. The van der Waals surface area contributed by atoms with Crippen molar-refractivity contribution in [2.75, 3.05) is 33.9 Å². The molecule has 0 aliphatic carbocycles. The molecule has 1 aromatic heterocycles. The first kappa shape index (κ1) is 27.3. The number of nitrogens with zero attached hydrogens (tertiary/aromatic N) is 3. The van der Waals surface area contributed by atoms with Gasteiger partial charge in [0, 0.05) is 37.6 Å². The molecule has 1 N–H and O–H groups in total. The Morgan fingerprint density at radius 1 is 1.08 bits per heavy atom. The van der Waals surface area contributed by atoms with Gasteiger partial charge in [0.05, 0.1) is 14.2 Å². The fourth-order valence-corrected chi connectivity index (χ4v) is 4.48. The molecule has 1 aliphatic rings. The molecular weight excluding hydrogens is 514 g/mol. The molecule has 1 fully saturated rings. The second-order valence-corrected chi connectivity index (χ2v) is 9.02. The first-order valence-corrected chi connectivity index (χ1v) is 12.6. The van der Waals surface area contributed by atoms with Crippen molar-refractivity contribution < 1.29 is 28.8 Å². The lowest BCUT2D eigenvalue weighted by Crippen LogP contribution is -2.43. The van der Waals surface area contributed by atoms with Crippen molar-refractivity contribution in [3.8, 4) is 28.8 Å². The van der Waals surface area contributed by atoms with E-state index in [1.54, 1.807) is 49.4 Å². The Bertz CT molecular complexity index is 1310. The van der Waals surface area contributed by atoms with Crippen LogP contribution in [0.4, 0.5) is 0 Å². The molecular formula is C27H30ClN3O7. The number of amides is 1. The van der Waals surface area contributed by atoms with Crippen LogP contribution in [0.15, 0.2) is 47.3 Å². The molecule has 1 aliphatic heterocycles. The van der Waals surface area contributed by atoms with Gasteiger partial charge in [-0.2, -0.15) is 4.98 Å². The van der Waals surface area contributed by atoms with Gasteiger partial charge in [0.1, 0.15) is 41.5 Å². The maximum absolute atomic E-state index is 13.5. The van der Waals surface area contributed by atoms with Gasteiger partial charge in [0.25, 0.3) is 11.5 Å². The molecule has 0 unspecified atom stereocenters. The molecule has 202 valence electrons. The molecule has 38 heavy (non-hydrogen) atoms. The summed E-state index contributed by atoms with van der Waals surface area (Å²) in [5, 5.41) is 12.0. The maximum Gasteiger partial charge on any atom is 0.289 e. The molecule has 0 bridgehead atoms. The van der Waals surface area contributed by atoms with E-state index in [4.69, 9.17) is 30.5 Å². The van der Waals surface area contributed by atoms with Crippen molar-refractivity contribution in [1.29, 1.82) is 0 Å². The minimum atomic E-state index is -0.841. The Labute approximate surface area is 225 Å². The molecule has 1 saturated heterocycles. The molecule has 4 rings (SSSR count). The van der Waals surface area contributed by atoms with Crippen LogP contribution in [0.5, 0.6) is 23.1 Å². The summed E-state index contributed by atoms with van der Waals surface area (Å²) in [6, 6.07) is 12.2. The van der Waals surface area contributed by atoms with Crippen LogP contribution >= 0.6 is 11.6 Å². The minimum Gasteiger partial charge on any atom is -0.494 e. The molecule has 0 radical (unpaired) electrons. The third-order valence-corrected chi connectivity index (χ3v) is 6.51. The van der Waals surface area contributed by atoms with Crippen LogP contribution in [0.3, 0.4) is 0 Å². The summed E-state index contributed by atoms with van der Waals surface area (Å²) >= 11 is 5.94. The van der Waals surface area contributed by atoms with E-state index in [0.717, 1.165) is 0 Å². The van der Waals surface area contributed by atoms with E-state index >= 15 is 0 Å². The predicted octanol–water partition coefficient (Wildman–Crippen LogP) is 3.83. The van der Waals surface area contributed by atoms with Gasteiger partial charge < -0.3 is 29.0 Å². The van der Waals surface area contributed by atoms with E-state index in [1.165, 1.54) is 23.7 Å². The van der Waals surface area contributed by atoms with Crippen molar-refractivity contribution in [3.63, 3.8) is 0 Å². The number of likely N-dealkylation sites (tertiary alicyclic amines) is 1. The molecule has 0 atom stereocenters. The van der Waals surface area contributed by atoms with E-state index in [2.05, 4.69) is 4.98 Å². The zero-order valence-corrected chi connectivity index (χ0v) is 22.2. The lowest BCUT2D eigenvalue weighted by atomic mass is 10.1. The maximum atomic E-state index is 13.5. The van der Waals surface area contributed by atoms with Crippen LogP contribution in [0.25, 0.3) is 5.69 Å². The fraction of sp³-hybridized carbons (Fsp3) is 0.370. The topological polar surface area (TPSA) is 112 Å². The Kier molecular flexibility index (Phi) is 8.75. The zero-order valence-electron chi connectivity index (χ0n) is 21.5. The number of hydrogen-bond donors (Lipinski definition) is 1. The van der Waals surface area contributed by atoms with Crippen LogP contribution in [0.2, 0.25) is 5.02 Å². The SMILES string of the molecule is CCOCc1nc(=O)c(C(=O)N2CCC(Oc3ccc(Cl)cc3)CC2)c(O)n1-c1c(OC)cccc1OC. The second-order valence-electron chi connectivity index (χ2n) is 8.58. The number of para-hydroxylation sites is 1. The van der Waals surface area contributed by atoms with Gasteiger partial charge in [-0.25, -0.2) is 0 Å². The Hall–Kier alpha value is -3.76. The summed E-state index contributed by atoms with van der Waals surface area (Å²) in [6.45, 7) is 2.75. The first-order chi connectivity index (χ1) is 18.4. The Morgan fingerprint density at radius 3 is 2.29 bits per heavy atom. The van der Waals surface area contributed by atoms with Crippen LogP contribution < -0.4 is 19.8 Å². The summed E-state index contributed by atoms with van der Waals surface area (Å²) in [5.41, 5.74) is -0.983. The summed E-state index contributed by atoms with van der Waals surface area (Å²) in [7, 11) is 2.94. The average Bonchev–Trinajstić information content (AvgIpc) is 2.93. The van der Waals surface area contributed by atoms with Gasteiger partial charge in [-0.15, -0.1) is 0 Å². The van der Waals surface area contributed by atoms with E-state index in [1.807, 2.05) is 0 Å². The summed E-state index contributed by atoms with van der Waals surface area (Å²) in [6.07, 6.45) is 1.01. The monoisotopic (exact) mass is 543 g/mol. The lowest BCUT2D eigenvalue weighted by molar-refractivity contribution is 0.0589. The molecule has 2 heterocycles. The molecule has 0 saturated carbocycles. The van der Waals surface area contributed by atoms with Gasteiger partial charge in [0.15, 0.2) is 5.56 Å². The smallest absolute Gasteiger partial charge is 0.289 e. The number of piperidine rings is 1. The largest absolute Gasteiger partial charge is 0.494 e. The standard InChI is InChI=1S/C27H30ClN3O7/c1-4-37-16-22-29-25(32)23(27(34)31(22)24-20(35-2)6-5-7-21(24)36-3)26(33)30-14-12-19(13-15-30)38-18-10-8-17(28)9-11-18/h5-11,19,34H,4,12-16H2,1-3H3. The van der Waals surface area contributed by atoms with Crippen LogP contribution in [0, 0.1) is 0 Å². The number of carbonyl (C=O) groups is 1. The molecule has 3 aromatic rings. The van der Waals surface area contributed by atoms with E-state index in [-0.39, 0.29) is 18.5 Å². The van der Waals surface area contributed by atoms with Crippen molar-refractivity contribution in [3.05, 3.63) is 69.2 Å². The quantitative estimate of drug-likeness (QED) is 0.433. The van der Waals surface area contributed by atoms with Crippen molar-refractivity contribution in [2.24, 2.45) is 0 Å². The van der Waals surface area contributed by atoms with E-state index in [0.29, 0.717) is 60.5 Å². The second kappa shape index (κ2) is 12.2. The summed E-state index contributed by atoms with van der Waals surface area (Å²) < 4.78 is 23.8. The molecule has 0 spiro atoms. The number of halogens is 1.